The molecule has 1 aliphatic heterocycles. The number of rotatable bonds is 1. The number of aromatic hydroxyl groups is 2. The quantitative estimate of drug-likeness (QED) is 0.843. The molecule has 0 unspecified atom stereocenters. The molecule has 0 aliphatic carbocycles. The zero-order valence-electron chi connectivity index (χ0n) is 11.0. The highest BCUT2D eigenvalue weighted by molar-refractivity contribution is 7.11. The number of nitrogens with zero attached hydrogens (tertiary/aromatic N) is 2. The van der Waals surface area contributed by atoms with E-state index in [-0.39, 0.29) is 23.0 Å². The lowest BCUT2D eigenvalue weighted by Crippen LogP contribution is -2.35. The average molecular weight is 290 g/mol. The van der Waals surface area contributed by atoms with Crippen LogP contribution < -0.4 is 0 Å². The van der Waals surface area contributed by atoms with E-state index in [2.05, 4.69) is 4.98 Å². The Hall–Kier alpha value is -2.08. The number of aryl methyl sites for hydroxylation is 1. The van der Waals surface area contributed by atoms with Crippen LogP contribution in [0.2, 0.25) is 0 Å². The van der Waals surface area contributed by atoms with Gasteiger partial charge in [-0.25, -0.2) is 4.98 Å². The Morgan fingerprint density at radius 3 is 2.95 bits per heavy atom. The summed E-state index contributed by atoms with van der Waals surface area (Å²) >= 11 is 1.61. The zero-order chi connectivity index (χ0) is 14.3. The van der Waals surface area contributed by atoms with Gasteiger partial charge in [-0.3, -0.25) is 4.79 Å². The van der Waals surface area contributed by atoms with Crippen molar-refractivity contribution in [2.45, 2.75) is 19.9 Å². The monoisotopic (exact) mass is 290 g/mol. The summed E-state index contributed by atoms with van der Waals surface area (Å²) in [6.07, 6.45) is 0.740. The van der Waals surface area contributed by atoms with Gasteiger partial charge in [0.15, 0.2) is 0 Å². The van der Waals surface area contributed by atoms with Gasteiger partial charge in [-0.1, -0.05) is 0 Å². The summed E-state index contributed by atoms with van der Waals surface area (Å²) in [6.45, 7) is 3.08. The normalized spacial score (nSPS) is 14.2. The van der Waals surface area contributed by atoms with Crippen LogP contribution in [0, 0.1) is 6.92 Å². The minimum atomic E-state index is -0.223. The molecule has 3 rings (SSSR count). The Bertz CT molecular complexity index is 681. The van der Waals surface area contributed by atoms with E-state index in [1.165, 1.54) is 18.2 Å². The third kappa shape index (κ3) is 2.22. The van der Waals surface area contributed by atoms with Crippen molar-refractivity contribution >= 4 is 17.2 Å². The standard InChI is InChI=1S/C14H14N2O3S/c1-8-15-11-4-5-16(7-13(11)20-8)14(19)10-3-2-9(17)6-12(10)18/h2-3,6,17-18H,4-5,7H2,1H3. The van der Waals surface area contributed by atoms with Crippen LogP contribution in [0.5, 0.6) is 11.5 Å². The summed E-state index contributed by atoms with van der Waals surface area (Å²) in [6, 6.07) is 4.03. The highest BCUT2D eigenvalue weighted by Crippen LogP contribution is 2.28. The zero-order valence-corrected chi connectivity index (χ0v) is 11.8. The molecule has 2 N–H and O–H groups in total. The molecular formula is C14H14N2O3S. The molecule has 1 aliphatic rings. The average Bonchev–Trinajstić information content (AvgIpc) is 2.77. The molecule has 6 heteroatoms. The van der Waals surface area contributed by atoms with E-state index in [1.807, 2.05) is 6.92 Å². The number of aromatic nitrogens is 1. The van der Waals surface area contributed by atoms with Gasteiger partial charge in [-0.05, 0) is 19.1 Å². The van der Waals surface area contributed by atoms with Crippen LogP contribution in [0.4, 0.5) is 0 Å². The molecule has 0 radical (unpaired) electrons. The highest BCUT2D eigenvalue weighted by atomic mass is 32.1. The number of phenols is 2. The predicted octanol–water partition coefficient (Wildman–Crippen LogP) is 2.06. The lowest BCUT2D eigenvalue weighted by Gasteiger charge is -2.26. The van der Waals surface area contributed by atoms with Gasteiger partial charge >= 0.3 is 0 Å². The Balaban J connectivity index is 1.85. The van der Waals surface area contributed by atoms with Gasteiger partial charge in [0, 0.05) is 23.9 Å². The molecule has 1 aromatic carbocycles. The van der Waals surface area contributed by atoms with Crippen LogP contribution in [0.1, 0.15) is 25.9 Å². The van der Waals surface area contributed by atoms with Gasteiger partial charge in [0.2, 0.25) is 0 Å². The fourth-order valence-corrected chi connectivity index (χ4v) is 3.37. The van der Waals surface area contributed by atoms with Crippen molar-refractivity contribution in [3.05, 3.63) is 39.3 Å². The first-order valence-corrected chi connectivity index (χ1v) is 7.12. The fraction of sp³-hybridized carbons (Fsp3) is 0.286. The largest absolute Gasteiger partial charge is 0.508 e. The SMILES string of the molecule is Cc1nc2c(s1)CN(C(=O)c1ccc(O)cc1O)CC2. The number of amides is 1. The maximum Gasteiger partial charge on any atom is 0.257 e. The second-order valence-electron chi connectivity index (χ2n) is 4.78. The summed E-state index contributed by atoms with van der Waals surface area (Å²) in [5.41, 5.74) is 1.29. The van der Waals surface area contributed by atoms with Gasteiger partial charge in [-0.2, -0.15) is 0 Å². The molecule has 2 heterocycles. The first-order chi connectivity index (χ1) is 9.54. The van der Waals surface area contributed by atoms with E-state index in [0.29, 0.717) is 13.1 Å². The number of hydrogen-bond donors (Lipinski definition) is 2. The lowest BCUT2D eigenvalue weighted by atomic mass is 10.1. The molecule has 0 bridgehead atoms. The van der Waals surface area contributed by atoms with Crippen molar-refractivity contribution in [1.29, 1.82) is 0 Å². The van der Waals surface area contributed by atoms with Gasteiger partial charge in [0.05, 0.1) is 22.8 Å². The number of carbonyl (C=O) groups excluding carboxylic acids is 1. The molecule has 104 valence electrons. The summed E-state index contributed by atoms with van der Waals surface area (Å²) in [5.74, 6) is -0.474. The molecule has 1 aromatic heterocycles. The molecule has 20 heavy (non-hydrogen) atoms. The van der Waals surface area contributed by atoms with E-state index in [1.54, 1.807) is 16.2 Å². The van der Waals surface area contributed by atoms with Crippen LogP contribution in [0.25, 0.3) is 0 Å². The molecule has 0 atom stereocenters. The third-order valence-electron chi connectivity index (χ3n) is 3.34. The molecule has 0 saturated carbocycles. The Morgan fingerprint density at radius 2 is 2.20 bits per heavy atom. The predicted molar refractivity (Wildman–Crippen MR) is 75.1 cm³/mol. The van der Waals surface area contributed by atoms with Crippen molar-refractivity contribution in [3.63, 3.8) is 0 Å². The van der Waals surface area contributed by atoms with Crippen molar-refractivity contribution in [2.24, 2.45) is 0 Å². The molecule has 0 spiro atoms. The number of benzene rings is 1. The molecule has 0 fully saturated rings. The minimum Gasteiger partial charge on any atom is -0.508 e. The topological polar surface area (TPSA) is 73.7 Å². The Kier molecular flexibility index (Phi) is 3.10. The van der Waals surface area contributed by atoms with Crippen molar-refractivity contribution in [1.82, 2.24) is 9.88 Å². The van der Waals surface area contributed by atoms with E-state index in [0.717, 1.165) is 22.0 Å². The Morgan fingerprint density at radius 1 is 1.40 bits per heavy atom. The third-order valence-corrected chi connectivity index (χ3v) is 4.33. The Labute approximate surface area is 120 Å². The first-order valence-electron chi connectivity index (χ1n) is 6.31. The second-order valence-corrected chi connectivity index (χ2v) is 6.07. The van der Waals surface area contributed by atoms with E-state index < -0.39 is 0 Å². The molecule has 1 amide bonds. The number of fused-ring (bicyclic) bond motifs is 1. The van der Waals surface area contributed by atoms with Crippen molar-refractivity contribution < 1.29 is 15.0 Å². The maximum absolute atomic E-state index is 12.4. The number of thiazole rings is 1. The van der Waals surface area contributed by atoms with Crippen LogP contribution >= 0.6 is 11.3 Å². The van der Waals surface area contributed by atoms with Crippen LogP contribution in [-0.4, -0.2) is 32.5 Å². The van der Waals surface area contributed by atoms with Gasteiger partial charge in [0.25, 0.3) is 5.91 Å². The van der Waals surface area contributed by atoms with Crippen molar-refractivity contribution in [2.75, 3.05) is 6.54 Å². The number of carbonyl (C=O) groups is 1. The van der Waals surface area contributed by atoms with Crippen LogP contribution in [0.3, 0.4) is 0 Å². The van der Waals surface area contributed by atoms with Crippen molar-refractivity contribution in [3.8, 4) is 11.5 Å². The number of phenolic OH excluding ortho intramolecular Hbond substituents is 2. The smallest absolute Gasteiger partial charge is 0.257 e. The van der Waals surface area contributed by atoms with Gasteiger partial charge in [-0.15, -0.1) is 11.3 Å². The molecule has 5 nitrogen and oxygen atoms in total. The minimum absolute atomic E-state index is 0.0573. The van der Waals surface area contributed by atoms with Gasteiger partial charge < -0.3 is 15.1 Å². The van der Waals surface area contributed by atoms with E-state index in [9.17, 15) is 15.0 Å². The number of hydrogen-bond acceptors (Lipinski definition) is 5. The summed E-state index contributed by atoms with van der Waals surface area (Å²) < 4.78 is 0. The lowest BCUT2D eigenvalue weighted by molar-refractivity contribution is 0.0733. The van der Waals surface area contributed by atoms with Crippen LogP contribution in [0.15, 0.2) is 18.2 Å². The molecule has 0 saturated heterocycles. The first kappa shape index (κ1) is 12.9. The summed E-state index contributed by atoms with van der Waals surface area (Å²) in [7, 11) is 0. The summed E-state index contributed by atoms with van der Waals surface area (Å²) in [5, 5.41) is 20.1. The van der Waals surface area contributed by atoms with E-state index in [4.69, 9.17) is 0 Å². The molecule has 2 aromatic rings. The summed E-state index contributed by atoms with van der Waals surface area (Å²) in [4.78, 5) is 19.7. The maximum atomic E-state index is 12.4. The highest BCUT2D eigenvalue weighted by Gasteiger charge is 2.25. The molecular weight excluding hydrogens is 276 g/mol. The fourth-order valence-electron chi connectivity index (χ4n) is 2.37. The van der Waals surface area contributed by atoms with Gasteiger partial charge in [0.1, 0.15) is 11.5 Å². The second kappa shape index (κ2) is 4.79. The van der Waals surface area contributed by atoms with Crippen LogP contribution in [-0.2, 0) is 13.0 Å². The van der Waals surface area contributed by atoms with E-state index >= 15 is 0 Å².